The highest BCUT2D eigenvalue weighted by Gasteiger charge is 2.55. The highest BCUT2D eigenvalue weighted by atomic mass is 32.2. The largest absolute Gasteiger partial charge is 0.340 e. The van der Waals surface area contributed by atoms with E-state index in [-0.39, 0.29) is 24.6 Å². The van der Waals surface area contributed by atoms with Gasteiger partial charge in [-0.15, -0.1) is 0 Å². The van der Waals surface area contributed by atoms with Gasteiger partial charge in [-0.3, -0.25) is 24.2 Å². The summed E-state index contributed by atoms with van der Waals surface area (Å²) in [6.45, 7) is 5.39. The number of fused-ring (bicyclic) bond motifs is 1. The van der Waals surface area contributed by atoms with E-state index in [9.17, 15) is 27.6 Å². The number of carbonyl (C=O) groups excluding carboxylic acids is 4. The van der Waals surface area contributed by atoms with E-state index in [1.807, 2.05) is 20.8 Å². The first kappa shape index (κ1) is 26.6. The first-order chi connectivity index (χ1) is 17.5. The number of amides is 2. The van der Waals surface area contributed by atoms with E-state index < -0.39 is 57.4 Å². The van der Waals surface area contributed by atoms with Gasteiger partial charge in [0.1, 0.15) is 17.8 Å². The number of benzene rings is 1. The summed E-state index contributed by atoms with van der Waals surface area (Å²) in [4.78, 5) is 57.4. The van der Waals surface area contributed by atoms with Crippen molar-refractivity contribution in [2.24, 2.45) is 5.92 Å². The number of carbonyl (C=O) groups is 4. The molecule has 0 spiro atoms. The molecule has 10 nitrogen and oxygen atoms in total. The molecule has 0 aliphatic carbocycles. The van der Waals surface area contributed by atoms with Crippen molar-refractivity contribution in [2.75, 3.05) is 13.1 Å². The van der Waals surface area contributed by atoms with Crippen LogP contribution in [0.4, 0.5) is 0 Å². The van der Waals surface area contributed by atoms with Gasteiger partial charge in [0.05, 0.1) is 12.6 Å². The van der Waals surface area contributed by atoms with Crippen LogP contribution in [0.25, 0.3) is 0 Å². The van der Waals surface area contributed by atoms with Crippen molar-refractivity contribution in [3.8, 4) is 0 Å². The van der Waals surface area contributed by atoms with Crippen LogP contribution >= 0.6 is 0 Å². The Kier molecular flexibility index (Phi) is 7.56. The van der Waals surface area contributed by atoms with Gasteiger partial charge in [-0.1, -0.05) is 37.6 Å². The quantitative estimate of drug-likeness (QED) is 0.579. The zero-order valence-electron chi connectivity index (χ0n) is 21.0. The molecule has 0 saturated carbocycles. The number of ketones is 1. The van der Waals surface area contributed by atoms with Gasteiger partial charge in [-0.2, -0.15) is 4.31 Å². The van der Waals surface area contributed by atoms with E-state index in [0.29, 0.717) is 12.0 Å². The molecule has 2 fully saturated rings. The first-order valence-corrected chi connectivity index (χ1v) is 13.6. The fraction of sp³-hybridized carbons (Fsp3) is 0.423. The standard InChI is InChI=1S/C26H30N4O6S/c1-16(2)14-20(28-24(32)18-9-7-17(3)8-10-18)25(33)29-13-11-21-23(29)22(31)15-30(21)37(35,36)26(34)19-6-4-5-12-27-19/h4-10,12,16,20-21,23H,11,13-15H2,1-3H3,(H,28,32). The predicted molar refractivity (Wildman–Crippen MR) is 135 cm³/mol. The molecule has 4 rings (SSSR count). The van der Waals surface area contributed by atoms with Gasteiger partial charge in [0.15, 0.2) is 5.78 Å². The summed E-state index contributed by atoms with van der Waals surface area (Å²) in [6.07, 6.45) is 1.87. The minimum absolute atomic E-state index is 0.0674. The molecule has 1 aromatic carbocycles. The summed E-state index contributed by atoms with van der Waals surface area (Å²) in [5, 5.41) is 1.62. The second kappa shape index (κ2) is 10.5. The van der Waals surface area contributed by atoms with E-state index in [4.69, 9.17) is 0 Å². The van der Waals surface area contributed by atoms with Crippen LogP contribution in [-0.4, -0.2) is 76.5 Å². The lowest BCUT2D eigenvalue weighted by Gasteiger charge is -2.29. The van der Waals surface area contributed by atoms with E-state index in [0.717, 1.165) is 9.87 Å². The van der Waals surface area contributed by atoms with Crippen molar-refractivity contribution in [1.29, 1.82) is 0 Å². The maximum absolute atomic E-state index is 13.6. The number of likely N-dealkylation sites (tertiary alicyclic amines) is 1. The summed E-state index contributed by atoms with van der Waals surface area (Å²) >= 11 is 0. The fourth-order valence-corrected chi connectivity index (χ4v) is 6.37. The van der Waals surface area contributed by atoms with Crippen LogP contribution in [-0.2, 0) is 19.6 Å². The molecule has 2 aromatic rings. The van der Waals surface area contributed by atoms with E-state index in [1.54, 1.807) is 30.3 Å². The van der Waals surface area contributed by atoms with Crippen molar-refractivity contribution >= 4 is 32.7 Å². The third-order valence-corrected chi connectivity index (χ3v) is 8.40. The second-order valence-corrected chi connectivity index (χ2v) is 11.7. The molecular formula is C26H30N4O6S. The van der Waals surface area contributed by atoms with Crippen LogP contribution in [0.15, 0.2) is 48.7 Å². The normalized spacial score (nSPS) is 20.6. The smallest absolute Gasteiger partial charge is 0.310 e. The molecular weight excluding hydrogens is 496 g/mol. The molecule has 11 heteroatoms. The number of hydrogen-bond acceptors (Lipinski definition) is 7. The number of nitrogens with zero attached hydrogens (tertiary/aromatic N) is 3. The fourth-order valence-electron chi connectivity index (χ4n) is 4.90. The molecule has 1 N–H and O–H groups in total. The maximum Gasteiger partial charge on any atom is 0.310 e. The van der Waals surface area contributed by atoms with Gasteiger partial charge in [0, 0.05) is 18.3 Å². The highest BCUT2D eigenvalue weighted by Crippen LogP contribution is 2.33. The molecule has 0 bridgehead atoms. The average Bonchev–Trinajstić information content (AvgIpc) is 3.44. The molecule has 0 radical (unpaired) electrons. The van der Waals surface area contributed by atoms with E-state index in [1.165, 1.54) is 23.2 Å². The summed E-state index contributed by atoms with van der Waals surface area (Å²) in [5.74, 6) is -1.23. The van der Waals surface area contributed by atoms with Crippen LogP contribution in [0.3, 0.4) is 0 Å². The Morgan fingerprint density at radius 1 is 1.11 bits per heavy atom. The van der Waals surface area contributed by atoms with Crippen LogP contribution in [0.5, 0.6) is 0 Å². The minimum Gasteiger partial charge on any atom is -0.340 e. The molecule has 3 unspecified atom stereocenters. The van der Waals surface area contributed by atoms with Gasteiger partial charge in [-0.05, 0) is 49.9 Å². The molecule has 2 aliphatic rings. The number of nitrogens with one attached hydrogen (secondary N) is 1. The third kappa shape index (κ3) is 5.33. The summed E-state index contributed by atoms with van der Waals surface area (Å²) < 4.78 is 27.2. The highest BCUT2D eigenvalue weighted by molar-refractivity contribution is 8.04. The Balaban J connectivity index is 1.54. The minimum atomic E-state index is -4.52. The van der Waals surface area contributed by atoms with Crippen molar-refractivity contribution in [3.05, 3.63) is 65.5 Å². The Bertz CT molecular complexity index is 1310. The van der Waals surface area contributed by atoms with Gasteiger partial charge >= 0.3 is 5.12 Å². The Morgan fingerprint density at radius 2 is 1.81 bits per heavy atom. The molecule has 2 aliphatic heterocycles. The Hall–Kier alpha value is -3.44. The molecule has 2 saturated heterocycles. The van der Waals surface area contributed by atoms with Crippen LogP contribution in [0.1, 0.15) is 53.1 Å². The summed E-state index contributed by atoms with van der Waals surface area (Å²) in [5.41, 5.74) is 1.17. The van der Waals surface area contributed by atoms with E-state index in [2.05, 4.69) is 10.3 Å². The number of sulfonamides is 1. The lowest BCUT2D eigenvalue weighted by molar-refractivity contribution is -0.138. The average molecular weight is 527 g/mol. The van der Waals surface area contributed by atoms with Gasteiger partial charge in [0.2, 0.25) is 5.91 Å². The van der Waals surface area contributed by atoms with Crippen LogP contribution in [0, 0.1) is 12.8 Å². The topological polar surface area (TPSA) is 134 Å². The van der Waals surface area contributed by atoms with Crippen molar-refractivity contribution in [2.45, 2.75) is 51.7 Å². The van der Waals surface area contributed by atoms with Crippen molar-refractivity contribution < 1.29 is 27.6 Å². The monoisotopic (exact) mass is 526 g/mol. The molecule has 3 atom stereocenters. The third-order valence-electron chi connectivity index (χ3n) is 6.70. The van der Waals surface area contributed by atoms with Gasteiger partial charge < -0.3 is 10.2 Å². The van der Waals surface area contributed by atoms with Crippen LogP contribution < -0.4 is 5.32 Å². The molecule has 3 heterocycles. The Labute approximate surface area is 216 Å². The number of aromatic nitrogens is 1. The Morgan fingerprint density at radius 3 is 2.43 bits per heavy atom. The number of pyridine rings is 1. The lowest BCUT2D eigenvalue weighted by atomic mass is 10.0. The lowest BCUT2D eigenvalue weighted by Crippen LogP contribution is -2.53. The SMILES string of the molecule is Cc1ccc(C(=O)NC(CC(C)C)C(=O)N2CCC3C2C(=O)CN3S(=O)(=O)C(=O)c2ccccn2)cc1. The second-order valence-electron chi connectivity index (χ2n) is 9.87. The first-order valence-electron chi connectivity index (χ1n) is 12.2. The number of aryl methyl sites for hydroxylation is 1. The number of hydrogen-bond donors (Lipinski definition) is 1. The number of Topliss-reactive ketones (excluding diaryl/α,β-unsaturated/α-hetero) is 1. The maximum atomic E-state index is 13.6. The molecule has 196 valence electrons. The zero-order chi connectivity index (χ0) is 26.9. The summed E-state index contributed by atoms with van der Waals surface area (Å²) in [7, 11) is -4.52. The van der Waals surface area contributed by atoms with Gasteiger partial charge in [0.25, 0.3) is 15.9 Å². The summed E-state index contributed by atoms with van der Waals surface area (Å²) in [6, 6.07) is 8.58. The zero-order valence-corrected chi connectivity index (χ0v) is 21.8. The van der Waals surface area contributed by atoms with Gasteiger partial charge in [-0.25, -0.2) is 8.42 Å². The van der Waals surface area contributed by atoms with Crippen molar-refractivity contribution in [1.82, 2.24) is 19.5 Å². The van der Waals surface area contributed by atoms with Crippen LogP contribution in [0.2, 0.25) is 0 Å². The molecule has 1 aromatic heterocycles. The molecule has 2 amide bonds. The van der Waals surface area contributed by atoms with E-state index >= 15 is 0 Å². The number of rotatable bonds is 7. The van der Waals surface area contributed by atoms with Crippen molar-refractivity contribution in [3.63, 3.8) is 0 Å². The molecule has 37 heavy (non-hydrogen) atoms. The predicted octanol–water partition coefficient (Wildman–Crippen LogP) is 1.56.